The molecule has 1 aromatic carbocycles. The highest BCUT2D eigenvalue weighted by molar-refractivity contribution is 6.30. The molecule has 0 saturated heterocycles. The summed E-state index contributed by atoms with van der Waals surface area (Å²) in [5.74, 6) is 0.883. The largest absolute Gasteiger partial charge is 0.357 e. The number of hydrogen-bond acceptors (Lipinski definition) is 2. The van der Waals surface area contributed by atoms with Crippen LogP contribution >= 0.6 is 11.6 Å². The van der Waals surface area contributed by atoms with E-state index in [4.69, 9.17) is 11.6 Å². The smallest absolute Gasteiger partial charge is 0.191 e. The average Bonchev–Trinajstić information content (AvgIpc) is 3.10. The lowest BCUT2D eigenvalue weighted by atomic mass is 10.1. The number of nitrogens with one attached hydrogen (secondary N) is 2. The van der Waals surface area contributed by atoms with Gasteiger partial charge in [-0.3, -0.25) is 9.67 Å². The quantitative estimate of drug-likeness (QED) is 0.416. The molecule has 2 rings (SSSR count). The Kier molecular flexibility index (Phi) is 8.18. The highest BCUT2D eigenvalue weighted by Crippen LogP contribution is 2.10. The van der Waals surface area contributed by atoms with Crippen molar-refractivity contribution in [2.75, 3.05) is 19.6 Å². The van der Waals surface area contributed by atoms with E-state index in [1.807, 2.05) is 29.1 Å². The van der Waals surface area contributed by atoms with Crippen LogP contribution in [-0.4, -0.2) is 35.4 Å². The van der Waals surface area contributed by atoms with Gasteiger partial charge in [-0.25, -0.2) is 0 Å². The van der Waals surface area contributed by atoms with E-state index >= 15 is 0 Å². The lowest BCUT2D eigenvalue weighted by molar-refractivity contribution is 0.583. The number of halogens is 1. The maximum atomic E-state index is 5.90. The van der Waals surface area contributed by atoms with Crippen molar-refractivity contribution in [1.82, 2.24) is 20.4 Å². The van der Waals surface area contributed by atoms with Crippen LogP contribution in [0.15, 0.2) is 47.7 Å². The van der Waals surface area contributed by atoms with Gasteiger partial charge in [0, 0.05) is 43.6 Å². The van der Waals surface area contributed by atoms with E-state index in [2.05, 4.69) is 39.8 Å². The van der Waals surface area contributed by atoms with E-state index in [-0.39, 0.29) is 0 Å². The second kappa shape index (κ2) is 10.7. The third kappa shape index (κ3) is 7.04. The Bertz CT molecular complexity index is 592. The van der Waals surface area contributed by atoms with Crippen LogP contribution in [0.3, 0.4) is 0 Å². The van der Waals surface area contributed by atoms with Crippen LogP contribution in [0.2, 0.25) is 5.02 Å². The predicted molar refractivity (Wildman–Crippen MR) is 101 cm³/mol. The van der Waals surface area contributed by atoms with Crippen molar-refractivity contribution < 1.29 is 0 Å². The fourth-order valence-corrected chi connectivity index (χ4v) is 2.47. The molecular weight excluding hydrogens is 322 g/mol. The number of hydrogen-bond donors (Lipinski definition) is 2. The van der Waals surface area contributed by atoms with Gasteiger partial charge in [0.05, 0.1) is 0 Å². The fraction of sp³-hybridized carbons (Fsp3) is 0.444. The monoisotopic (exact) mass is 347 g/mol. The molecule has 5 nitrogen and oxygen atoms in total. The molecule has 1 heterocycles. The molecule has 0 saturated carbocycles. The number of nitrogens with zero attached hydrogens (tertiary/aromatic N) is 3. The molecule has 6 heteroatoms. The molecule has 0 amide bonds. The van der Waals surface area contributed by atoms with E-state index in [9.17, 15) is 0 Å². The van der Waals surface area contributed by atoms with Gasteiger partial charge >= 0.3 is 0 Å². The van der Waals surface area contributed by atoms with Gasteiger partial charge in [0.1, 0.15) is 0 Å². The van der Waals surface area contributed by atoms with Crippen LogP contribution in [0, 0.1) is 0 Å². The molecule has 0 spiro atoms. The molecule has 0 aliphatic carbocycles. The van der Waals surface area contributed by atoms with Gasteiger partial charge in [-0.05, 0) is 49.9 Å². The zero-order valence-corrected chi connectivity index (χ0v) is 15.0. The van der Waals surface area contributed by atoms with Crippen molar-refractivity contribution >= 4 is 17.6 Å². The van der Waals surface area contributed by atoms with Gasteiger partial charge < -0.3 is 10.6 Å². The highest BCUT2D eigenvalue weighted by Gasteiger charge is 1.98. The second-order valence-corrected chi connectivity index (χ2v) is 5.98. The summed E-state index contributed by atoms with van der Waals surface area (Å²) < 4.78 is 1.93. The number of guanidine groups is 1. The number of aromatic nitrogens is 2. The molecule has 0 bridgehead atoms. The van der Waals surface area contributed by atoms with E-state index in [0.29, 0.717) is 0 Å². The lowest BCUT2D eigenvalue weighted by Crippen LogP contribution is -2.38. The summed E-state index contributed by atoms with van der Waals surface area (Å²) >= 11 is 5.90. The molecule has 0 fully saturated rings. The number of rotatable bonds is 9. The Hall–Kier alpha value is -2.01. The molecule has 1 aromatic heterocycles. The van der Waals surface area contributed by atoms with Crippen molar-refractivity contribution in [2.24, 2.45) is 4.99 Å². The van der Waals surface area contributed by atoms with Crippen LogP contribution in [-0.2, 0) is 13.0 Å². The highest BCUT2D eigenvalue weighted by atomic mass is 35.5. The van der Waals surface area contributed by atoms with E-state index in [1.165, 1.54) is 5.56 Å². The van der Waals surface area contributed by atoms with Crippen LogP contribution in [0.5, 0.6) is 0 Å². The minimum absolute atomic E-state index is 0.784. The van der Waals surface area contributed by atoms with Gasteiger partial charge in [0.25, 0.3) is 0 Å². The Labute approximate surface area is 149 Å². The zero-order chi connectivity index (χ0) is 17.0. The first-order valence-corrected chi connectivity index (χ1v) is 8.90. The summed E-state index contributed by atoms with van der Waals surface area (Å²) in [4.78, 5) is 4.60. The first-order valence-electron chi connectivity index (χ1n) is 8.52. The van der Waals surface area contributed by atoms with Crippen LogP contribution in [0.25, 0.3) is 0 Å². The van der Waals surface area contributed by atoms with Gasteiger partial charge in [-0.15, -0.1) is 0 Å². The summed E-state index contributed by atoms with van der Waals surface area (Å²) in [5, 5.41) is 11.6. The molecule has 0 unspecified atom stereocenters. The number of benzene rings is 1. The second-order valence-electron chi connectivity index (χ2n) is 5.54. The molecule has 0 atom stereocenters. The van der Waals surface area contributed by atoms with Crippen molar-refractivity contribution in [1.29, 1.82) is 0 Å². The SMILES string of the molecule is CCNC(=NCCCn1cccn1)NCCCc1ccc(Cl)cc1. The molecule has 2 aromatic rings. The third-order valence-corrected chi connectivity index (χ3v) is 3.82. The van der Waals surface area contributed by atoms with Crippen molar-refractivity contribution in [3.8, 4) is 0 Å². The first kappa shape index (κ1) is 18.3. The summed E-state index contributed by atoms with van der Waals surface area (Å²) in [5.41, 5.74) is 1.31. The lowest BCUT2D eigenvalue weighted by Gasteiger charge is -2.11. The normalized spacial score (nSPS) is 11.5. The van der Waals surface area contributed by atoms with Gasteiger partial charge in [0.15, 0.2) is 5.96 Å². The summed E-state index contributed by atoms with van der Waals surface area (Å²) in [6, 6.07) is 9.98. The fourth-order valence-electron chi connectivity index (χ4n) is 2.35. The summed E-state index contributed by atoms with van der Waals surface area (Å²) in [6.07, 6.45) is 6.84. The average molecular weight is 348 g/mol. The van der Waals surface area contributed by atoms with Gasteiger partial charge in [0.2, 0.25) is 0 Å². The molecular formula is C18H26ClN5. The van der Waals surface area contributed by atoms with Crippen molar-refractivity contribution in [3.05, 3.63) is 53.3 Å². The third-order valence-electron chi connectivity index (χ3n) is 3.57. The first-order chi connectivity index (χ1) is 11.8. The maximum Gasteiger partial charge on any atom is 0.191 e. The van der Waals surface area contributed by atoms with Crippen molar-refractivity contribution in [2.45, 2.75) is 32.7 Å². The van der Waals surface area contributed by atoms with E-state index < -0.39 is 0 Å². The Balaban J connectivity index is 1.65. The summed E-state index contributed by atoms with van der Waals surface area (Å²) in [7, 11) is 0. The molecule has 130 valence electrons. The van der Waals surface area contributed by atoms with Crippen LogP contribution in [0.4, 0.5) is 0 Å². The molecule has 24 heavy (non-hydrogen) atoms. The Morgan fingerprint density at radius 1 is 1.21 bits per heavy atom. The Morgan fingerprint density at radius 3 is 2.75 bits per heavy atom. The minimum Gasteiger partial charge on any atom is -0.357 e. The molecule has 0 aliphatic rings. The maximum absolute atomic E-state index is 5.90. The van der Waals surface area contributed by atoms with Gasteiger partial charge in [-0.1, -0.05) is 23.7 Å². The van der Waals surface area contributed by atoms with Crippen molar-refractivity contribution in [3.63, 3.8) is 0 Å². The van der Waals surface area contributed by atoms with Gasteiger partial charge in [-0.2, -0.15) is 5.10 Å². The Morgan fingerprint density at radius 2 is 2.04 bits per heavy atom. The number of aliphatic imine (C=N–C) groups is 1. The molecule has 0 aliphatic heterocycles. The predicted octanol–water partition coefficient (Wildman–Crippen LogP) is 3.11. The topological polar surface area (TPSA) is 54.2 Å². The summed E-state index contributed by atoms with van der Waals surface area (Å²) in [6.45, 7) is 5.52. The number of aryl methyl sites for hydroxylation is 2. The van der Waals surface area contributed by atoms with Crippen LogP contribution in [0.1, 0.15) is 25.3 Å². The minimum atomic E-state index is 0.784. The van der Waals surface area contributed by atoms with E-state index in [1.54, 1.807) is 6.20 Å². The molecule has 0 radical (unpaired) electrons. The molecule has 2 N–H and O–H groups in total. The van der Waals surface area contributed by atoms with E-state index in [0.717, 1.165) is 56.4 Å². The zero-order valence-electron chi connectivity index (χ0n) is 14.2. The van der Waals surface area contributed by atoms with Crippen LogP contribution < -0.4 is 10.6 Å². The standard InChI is InChI=1S/C18H26ClN5/c1-2-20-18(22-12-4-14-24-15-5-13-23-24)21-11-3-6-16-7-9-17(19)10-8-16/h5,7-10,13,15H,2-4,6,11-12,14H2,1H3,(H2,20,21,22).